The number of hydrogen-bond acceptors (Lipinski definition) is 7. The van der Waals surface area contributed by atoms with E-state index in [2.05, 4.69) is 0 Å². The third-order valence-electron chi connectivity index (χ3n) is 5.22. The molecule has 0 spiro atoms. The van der Waals surface area contributed by atoms with Crippen LogP contribution >= 0.6 is 0 Å². The van der Waals surface area contributed by atoms with Crippen molar-refractivity contribution in [2.24, 2.45) is 0 Å². The Bertz CT molecular complexity index is 942. The quantitative estimate of drug-likeness (QED) is 0.426. The molecule has 1 aliphatic heterocycles. The van der Waals surface area contributed by atoms with Crippen LogP contribution in [0.3, 0.4) is 0 Å². The first-order valence-corrected chi connectivity index (χ1v) is 9.79. The number of hydrogen-bond donors (Lipinski definition) is 0. The molecule has 8 nitrogen and oxygen atoms in total. The highest BCUT2D eigenvalue weighted by Gasteiger charge is 2.52. The van der Waals surface area contributed by atoms with E-state index in [1.165, 1.54) is 4.57 Å². The van der Waals surface area contributed by atoms with Gasteiger partial charge in [0.05, 0.1) is 16.7 Å². The first kappa shape index (κ1) is 22.2. The van der Waals surface area contributed by atoms with Crippen LogP contribution in [0.2, 0.25) is 0 Å². The molecule has 0 aliphatic carbocycles. The molecule has 0 atom stereocenters. The monoisotopic (exact) mass is 417 g/mol. The van der Waals surface area contributed by atoms with Crippen LogP contribution in [-0.4, -0.2) is 47.5 Å². The van der Waals surface area contributed by atoms with Crippen LogP contribution < -0.4 is 5.46 Å². The van der Waals surface area contributed by atoms with E-state index in [4.69, 9.17) is 23.5 Å². The molecule has 9 heteroatoms. The highest BCUT2D eigenvalue weighted by Crippen LogP contribution is 2.37. The maximum atomic E-state index is 12.5. The summed E-state index contributed by atoms with van der Waals surface area (Å²) in [5.74, 6) is 0. The maximum absolute atomic E-state index is 12.5. The number of carbonyl (C=O) groups is 2. The molecule has 0 amide bonds. The second kappa shape index (κ2) is 7.63. The van der Waals surface area contributed by atoms with Crippen molar-refractivity contribution in [1.29, 1.82) is 0 Å². The highest BCUT2D eigenvalue weighted by atomic mass is 16.8. The Labute approximate surface area is 176 Å². The molecule has 1 aliphatic rings. The first-order chi connectivity index (χ1) is 13.8. The van der Waals surface area contributed by atoms with E-state index >= 15 is 0 Å². The summed E-state index contributed by atoms with van der Waals surface area (Å²) in [6, 6.07) is 7.32. The number of ether oxygens (including phenoxy) is 3. The van der Waals surface area contributed by atoms with Crippen LogP contribution in [0.5, 0.6) is 0 Å². The average molecular weight is 417 g/mol. The summed E-state index contributed by atoms with van der Waals surface area (Å²) in [6.45, 7) is 12.5. The summed E-state index contributed by atoms with van der Waals surface area (Å²) in [4.78, 5) is 24.0. The van der Waals surface area contributed by atoms with Crippen molar-refractivity contribution in [3.63, 3.8) is 0 Å². The van der Waals surface area contributed by atoms with Crippen LogP contribution in [0.15, 0.2) is 30.5 Å². The predicted octanol–water partition coefficient (Wildman–Crippen LogP) is 3.83. The van der Waals surface area contributed by atoms with Crippen molar-refractivity contribution in [2.45, 2.75) is 65.3 Å². The normalized spacial score (nSPS) is 17.8. The van der Waals surface area contributed by atoms with Gasteiger partial charge in [0.2, 0.25) is 6.79 Å². The van der Waals surface area contributed by atoms with Gasteiger partial charge in [0.15, 0.2) is 0 Å². The van der Waals surface area contributed by atoms with Gasteiger partial charge < -0.3 is 23.5 Å². The van der Waals surface area contributed by atoms with Gasteiger partial charge in [-0.15, -0.1) is 0 Å². The lowest BCUT2D eigenvalue weighted by molar-refractivity contribution is -0.0464. The Morgan fingerprint density at radius 3 is 2.27 bits per heavy atom. The molecular weight excluding hydrogens is 389 g/mol. The van der Waals surface area contributed by atoms with Crippen molar-refractivity contribution in [2.75, 3.05) is 6.79 Å². The molecule has 1 aromatic heterocycles. The van der Waals surface area contributed by atoms with E-state index in [-0.39, 0.29) is 0 Å². The summed E-state index contributed by atoms with van der Waals surface area (Å²) < 4.78 is 28.5. The molecule has 1 saturated heterocycles. The van der Waals surface area contributed by atoms with Crippen LogP contribution in [0.4, 0.5) is 9.59 Å². The SMILES string of the molecule is CC(C)(C)OC(=O)OCOC(=O)n1ccc2c(B3OC(C)(C)C(C)(C)O3)cccc21. The minimum atomic E-state index is -0.907. The maximum Gasteiger partial charge on any atom is 0.511 e. The number of carbonyl (C=O) groups excluding carboxylic acids is 2. The van der Waals surface area contributed by atoms with E-state index in [9.17, 15) is 9.59 Å². The van der Waals surface area contributed by atoms with Crippen molar-refractivity contribution in [3.8, 4) is 0 Å². The zero-order valence-electron chi connectivity index (χ0n) is 18.5. The summed E-state index contributed by atoms with van der Waals surface area (Å²) >= 11 is 0. The number of nitrogens with zero attached hydrogens (tertiary/aromatic N) is 1. The van der Waals surface area contributed by atoms with Crippen LogP contribution in [0, 0.1) is 0 Å². The van der Waals surface area contributed by atoms with Gasteiger partial charge in [0.25, 0.3) is 0 Å². The topological polar surface area (TPSA) is 85.2 Å². The molecule has 2 aromatic rings. The van der Waals surface area contributed by atoms with Crippen molar-refractivity contribution in [1.82, 2.24) is 4.57 Å². The van der Waals surface area contributed by atoms with Gasteiger partial charge in [-0.2, -0.15) is 0 Å². The molecule has 30 heavy (non-hydrogen) atoms. The van der Waals surface area contributed by atoms with Crippen molar-refractivity contribution in [3.05, 3.63) is 30.5 Å². The fourth-order valence-corrected chi connectivity index (χ4v) is 3.00. The lowest BCUT2D eigenvalue weighted by Gasteiger charge is -2.32. The Balaban J connectivity index is 1.73. The van der Waals surface area contributed by atoms with E-state index < -0.39 is 43.0 Å². The zero-order chi connectivity index (χ0) is 22.3. The second-order valence-corrected chi connectivity index (χ2v) is 9.19. The Morgan fingerprint density at radius 2 is 1.67 bits per heavy atom. The Kier molecular flexibility index (Phi) is 5.64. The minimum absolute atomic E-state index is 0.472. The zero-order valence-corrected chi connectivity index (χ0v) is 18.5. The van der Waals surface area contributed by atoms with Crippen LogP contribution in [0.25, 0.3) is 10.9 Å². The van der Waals surface area contributed by atoms with Crippen molar-refractivity contribution < 1.29 is 33.1 Å². The first-order valence-electron chi connectivity index (χ1n) is 9.79. The van der Waals surface area contributed by atoms with Crippen LogP contribution in [0.1, 0.15) is 48.5 Å². The number of rotatable bonds is 3. The average Bonchev–Trinajstić information content (AvgIpc) is 3.11. The molecule has 0 bridgehead atoms. The minimum Gasteiger partial charge on any atom is -0.428 e. The van der Waals surface area contributed by atoms with Gasteiger partial charge in [-0.25, -0.2) is 9.59 Å². The van der Waals surface area contributed by atoms with Gasteiger partial charge in [0.1, 0.15) is 5.60 Å². The van der Waals surface area contributed by atoms with E-state index in [0.717, 1.165) is 10.8 Å². The van der Waals surface area contributed by atoms with Gasteiger partial charge >= 0.3 is 19.4 Å². The van der Waals surface area contributed by atoms with Crippen molar-refractivity contribution >= 4 is 35.7 Å². The van der Waals surface area contributed by atoms with E-state index in [1.54, 1.807) is 39.1 Å². The van der Waals surface area contributed by atoms with Gasteiger partial charge in [-0.3, -0.25) is 4.57 Å². The number of benzene rings is 1. The number of aromatic nitrogens is 1. The molecular formula is C21H28BNO7. The molecule has 0 unspecified atom stereocenters. The molecule has 0 N–H and O–H groups in total. The predicted molar refractivity (Wildman–Crippen MR) is 112 cm³/mol. The van der Waals surface area contributed by atoms with Gasteiger partial charge in [0, 0.05) is 6.20 Å². The lowest BCUT2D eigenvalue weighted by atomic mass is 9.77. The smallest absolute Gasteiger partial charge is 0.428 e. The molecule has 2 heterocycles. The van der Waals surface area contributed by atoms with Gasteiger partial charge in [-0.05, 0) is 71.4 Å². The van der Waals surface area contributed by atoms with E-state index in [1.807, 2.05) is 39.8 Å². The Hall–Kier alpha value is -2.52. The highest BCUT2D eigenvalue weighted by molar-refractivity contribution is 6.65. The number of fused-ring (bicyclic) bond motifs is 1. The summed E-state index contributed by atoms with van der Waals surface area (Å²) in [5.41, 5.74) is -0.186. The van der Waals surface area contributed by atoms with Crippen LogP contribution in [-0.2, 0) is 23.5 Å². The summed E-state index contributed by atoms with van der Waals surface area (Å²) in [6.07, 6.45) is 0.00482. The molecule has 162 valence electrons. The standard InChI is InChI=1S/C21H28BNO7/c1-19(2,3)28-18(25)27-13-26-17(24)23-12-11-14-15(9-8-10-16(14)23)22-29-20(4,5)21(6,7)30-22/h8-12H,13H2,1-7H3. The van der Waals surface area contributed by atoms with Gasteiger partial charge in [-0.1, -0.05) is 12.1 Å². The fraction of sp³-hybridized carbons (Fsp3) is 0.524. The molecule has 0 radical (unpaired) electrons. The summed E-state index contributed by atoms with van der Waals surface area (Å²) in [5, 5.41) is 0.806. The third kappa shape index (κ3) is 4.47. The lowest BCUT2D eigenvalue weighted by Crippen LogP contribution is -2.41. The molecule has 3 rings (SSSR count). The third-order valence-corrected chi connectivity index (χ3v) is 5.22. The summed E-state index contributed by atoms with van der Waals surface area (Å²) in [7, 11) is -0.555. The molecule has 1 aromatic carbocycles. The second-order valence-electron chi connectivity index (χ2n) is 9.19. The van der Waals surface area contributed by atoms with E-state index in [0.29, 0.717) is 5.52 Å². The largest absolute Gasteiger partial charge is 0.511 e. The fourth-order valence-electron chi connectivity index (χ4n) is 3.00. The Morgan fingerprint density at radius 1 is 1.03 bits per heavy atom. The molecule has 1 fully saturated rings. The molecule has 0 saturated carbocycles.